The number of ether oxygens (including phenoxy) is 1. The molecule has 0 aromatic heterocycles. The minimum Gasteiger partial charge on any atom is -0.463 e. The summed E-state index contributed by atoms with van der Waals surface area (Å²) < 4.78 is 198. The first kappa shape index (κ1) is 29.5. The highest BCUT2D eigenvalue weighted by atomic mass is 35.5. The third-order valence-corrected chi connectivity index (χ3v) is 3.60. The van der Waals surface area contributed by atoms with Gasteiger partial charge in [0.1, 0.15) is 0 Å². The van der Waals surface area contributed by atoms with Crippen molar-refractivity contribution in [1.29, 1.82) is 0 Å². The van der Waals surface area contributed by atoms with Crippen LogP contribution in [0.25, 0.3) is 0 Å². The van der Waals surface area contributed by atoms with Gasteiger partial charge in [-0.05, 0) is 6.42 Å². The van der Waals surface area contributed by atoms with Gasteiger partial charge in [0, 0.05) is 18.0 Å². The van der Waals surface area contributed by atoms with Gasteiger partial charge in [0.15, 0.2) is 0 Å². The Morgan fingerprint density at radius 1 is 0.677 bits per heavy atom. The van der Waals surface area contributed by atoms with E-state index >= 15 is 0 Å². The molecule has 184 valence electrons. The number of rotatable bonds is 10. The van der Waals surface area contributed by atoms with Crippen LogP contribution in [-0.2, 0) is 9.53 Å². The van der Waals surface area contributed by atoms with E-state index in [9.17, 15) is 70.7 Å². The van der Waals surface area contributed by atoms with Gasteiger partial charge in [-0.15, -0.1) is 0 Å². The molecule has 0 amide bonds. The van der Waals surface area contributed by atoms with Crippen molar-refractivity contribution in [3.8, 4) is 0 Å². The largest absolute Gasteiger partial charge is 0.463 e. The van der Waals surface area contributed by atoms with Gasteiger partial charge in [0.25, 0.3) is 0 Å². The van der Waals surface area contributed by atoms with Gasteiger partial charge in [0.05, 0.1) is 6.61 Å². The van der Waals surface area contributed by atoms with Crippen molar-refractivity contribution in [2.75, 3.05) is 6.61 Å². The van der Waals surface area contributed by atoms with Crippen molar-refractivity contribution in [2.45, 2.75) is 54.6 Å². The topological polar surface area (TPSA) is 26.3 Å². The van der Waals surface area contributed by atoms with Gasteiger partial charge in [-0.25, -0.2) is 4.79 Å². The molecule has 0 aliphatic rings. The summed E-state index contributed by atoms with van der Waals surface area (Å²) in [5, 5.41) is 0. The Balaban J connectivity index is 5.90. The van der Waals surface area contributed by atoms with Gasteiger partial charge < -0.3 is 4.74 Å². The fourth-order valence-electron chi connectivity index (χ4n) is 1.72. The lowest BCUT2D eigenvalue weighted by Gasteiger charge is -2.41. The zero-order valence-electron chi connectivity index (χ0n) is 14.1. The molecule has 0 aliphatic heterocycles. The van der Waals surface area contributed by atoms with Crippen molar-refractivity contribution in [2.24, 2.45) is 0 Å². The van der Waals surface area contributed by atoms with E-state index in [1.54, 1.807) is 0 Å². The number of esters is 1. The predicted octanol–water partition coefficient (Wildman–Crippen LogP) is 6.44. The van der Waals surface area contributed by atoms with Crippen molar-refractivity contribution in [1.82, 2.24) is 0 Å². The minimum atomic E-state index is -8.32. The molecule has 0 heterocycles. The van der Waals surface area contributed by atoms with Gasteiger partial charge >= 0.3 is 47.7 Å². The number of alkyl halides is 15. The first-order valence-corrected chi connectivity index (χ1v) is 7.66. The van der Waals surface area contributed by atoms with Crippen LogP contribution in [0.4, 0.5) is 65.9 Å². The van der Waals surface area contributed by atoms with E-state index in [0.29, 0.717) is 11.6 Å². The molecular weight excluding hydrogens is 509 g/mol. The minimum absolute atomic E-state index is 0.450. The van der Waals surface area contributed by atoms with Crippen LogP contribution in [0.15, 0.2) is 11.6 Å². The molecule has 0 fully saturated rings. The average Bonchev–Trinajstić information content (AvgIpc) is 2.57. The Kier molecular flexibility index (Phi) is 8.33. The number of halogens is 16. The number of carbonyl (C=O) groups is 1. The zero-order chi connectivity index (χ0) is 25.3. The molecule has 0 unspecified atom stereocenters. The van der Waals surface area contributed by atoms with Crippen LogP contribution < -0.4 is 0 Å². The summed E-state index contributed by atoms with van der Waals surface area (Å²) >= 11 is 4.89. The molecule has 0 radical (unpaired) electrons. The Labute approximate surface area is 166 Å². The maximum atomic E-state index is 13.4. The molecule has 2 nitrogen and oxygen atoms in total. The van der Waals surface area contributed by atoms with Gasteiger partial charge in [-0.2, -0.15) is 65.9 Å². The number of carbonyl (C=O) groups excluding carboxylic acids is 1. The zero-order valence-corrected chi connectivity index (χ0v) is 14.9. The normalized spacial score (nSPS) is 15.5. The van der Waals surface area contributed by atoms with Crippen molar-refractivity contribution in [3.05, 3.63) is 11.6 Å². The smallest absolute Gasteiger partial charge is 0.460 e. The van der Waals surface area contributed by atoms with E-state index in [1.165, 1.54) is 0 Å². The lowest BCUT2D eigenvalue weighted by atomic mass is 9.90. The van der Waals surface area contributed by atoms with Crippen LogP contribution in [0.1, 0.15) is 12.8 Å². The third kappa shape index (κ3) is 4.94. The van der Waals surface area contributed by atoms with Crippen molar-refractivity contribution >= 4 is 17.6 Å². The van der Waals surface area contributed by atoms with E-state index in [1.807, 2.05) is 0 Å². The summed E-state index contributed by atoms with van der Waals surface area (Å²) in [6.45, 7) is -1.24. The second kappa shape index (κ2) is 8.77. The van der Waals surface area contributed by atoms with E-state index < -0.39 is 67.1 Å². The van der Waals surface area contributed by atoms with Crippen molar-refractivity contribution < 1.29 is 75.4 Å². The van der Waals surface area contributed by atoms with Crippen LogP contribution in [0, 0.1) is 0 Å². The van der Waals surface area contributed by atoms with E-state index in [4.69, 9.17) is 11.6 Å². The molecule has 0 bridgehead atoms. The van der Waals surface area contributed by atoms with Crippen LogP contribution in [-0.4, -0.2) is 54.3 Å². The third-order valence-electron chi connectivity index (χ3n) is 3.47. The average molecular weight is 517 g/mol. The standard InChI is InChI=1S/C13H8ClF15O2/c14-4-2-6(30)31-5-1-3-7(15,16)8(17,18)9(19,20)10(21,22)11(23,24)12(25,26)13(27,28)29/h2,4H,1,3,5H2/b4-2+. The maximum absolute atomic E-state index is 13.4. The summed E-state index contributed by atoms with van der Waals surface area (Å²) in [6.07, 6.45) is -11.2. The van der Waals surface area contributed by atoms with Crippen LogP contribution in [0.5, 0.6) is 0 Å². The molecule has 0 aromatic rings. The Morgan fingerprint density at radius 2 is 1.06 bits per heavy atom. The maximum Gasteiger partial charge on any atom is 0.460 e. The molecule has 0 saturated carbocycles. The molecule has 0 rings (SSSR count). The number of hydrogen-bond acceptors (Lipinski definition) is 2. The molecular formula is C13H8ClF15O2. The molecule has 31 heavy (non-hydrogen) atoms. The monoisotopic (exact) mass is 516 g/mol. The second-order valence-electron chi connectivity index (χ2n) is 5.64. The van der Waals surface area contributed by atoms with Gasteiger partial charge in [-0.3, -0.25) is 0 Å². The number of hydrogen-bond donors (Lipinski definition) is 0. The Hall–Kier alpha value is -1.55. The van der Waals surface area contributed by atoms with E-state index in [2.05, 4.69) is 4.74 Å². The second-order valence-corrected chi connectivity index (χ2v) is 5.89. The molecule has 0 N–H and O–H groups in total. The molecule has 0 aromatic carbocycles. The van der Waals surface area contributed by atoms with Crippen molar-refractivity contribution in [3.63, 3.8) is 0 Å². The summed E-state index contributed by atoms with van der Waals surface area (Å²) in [7, 11) is 0. The first-order chi connectivity index (χ1) is 13.5. The lowest BCUT2D eigenvalue weighted by Crippen LogP contribution is -2.72. The molecule has 18 heteroatoms. The molecule has 0 spiro atoms. The van der Waals surface area contributed by atoms with E-state index in [-0.39, 0.29) is 0 Å². The lowest BCUT2D eigenvalue weighted by molar-refractivity contribution is -0.452. The first-order valence-electron chi connectivity index (χ1n) is 7.23. The molecule has 0 atom stereocenters. The fourth-order valence-corrected chi connectivity index (χ4v) is 1.83. The molecule has 0 aliphatic carbocycles. The summed E-state index contributed by atoms with van der Waals surface area (Å²) in [5.41, 5.74) is 0.532. The molecule has 0 saturated heterocycles. The fraction of sp³-hybridized carbons (Fsp3) is 0.769. The van der Waals surface area contributed by atoms with E-state index in [0.717, 1.165) is 0 Å². The van der Waals surface area contributed by atoms with Crippen LogP contribution in [0.3, 0.4) is 0 Å². The quantitative estimate of drug-likeness (QED) is 0.145. The highest BCUT2D eigenvalue weighted by Crippen LogP contribution is 2.62. The summed E-state index contributed by atoms with van der Waals surface area (Å²) in [4.78, 5) is 10.7. The summed E-state index contributed by atoms with van der Waals surface area (Å²) in [6, 6.07) is 0. The highest BCUT2D eigenvalue weighted by molar-refractivity contribution is 6.26. The Morgan fingerprint density at radius 3 is 1.45 bits per heavy atom. The van der Waals surface area contributed by atoms with Crippen LogP contribution in [0.2, 0.25) is 0 Å². The summed E-state index contributed by atoms with van der Waals surface area (Å²) in [5.74, 6) is -48.0. The SMILES string of the molecule is O=C(/C=C/Cl)OCCCC(F)(F)C(F)(F)C(F)(F)C(F)(F)C(F)(F)C(F)(F)C(F)(F)F. The van der Waals surface area contributed by atoms with Crippen LogP contribution >= 0.6 is 11.6 Å². The Bertz CT molecular complexity index is 668. The predicted molar refractivity (Wildman–Crippen MR) is 70.9 cm³/mol. The van der Waals surface area contributed by atoms with Gasteiger partial charge in [-0.1, -0.05) is 11.6 Å². The van der Waals surface area contributed by atoms with Gasteiger partial charge in [0.2, 0.25) is 0 Å². The highest BCUT2D eigenvalue weighted by Gasteiger charge is 2.93.